The number of hydrogen-bond acceptors (Lipinski definition) is 1. The van der Waals surface area contributed by atoms with Gasteiger partial charge in [0, 0.05) is 0 Å². The summed E-state index contributed by atoms with van der Waals surface area (Å²) in [6, 6.07) is 0.0236. The molecule has 0 spiro atoms. The molecule has 21 heavy (non-hydrogen) atoms. The normalized spacial score (nSPS) is 10.6. The van der Waals surface area contributed by atoms with Gasteiger partial charge in [-0.3, -0.25) is 0 Å². The molecule has 0 heterocycles. The first-order chi connectivity index (χ1) is 10.3. The van der Waals surface area contributed by atoms with Crippen LogP contribution in [-0.4, -0.2) is 27.8 Å². The van der Waals surface area contributed by atoms with E-state index in [0.29, 0.717) is 0 Å². The zero-order valence-electron chi connectivity index (χ0n) is 14.2. The van der Waals surface area contributed by atoms with E-state index in [0.717, 1.165) is 19.4 Å². The summed E-state index contributed by atoms with van der Waals surface area (Å²) in [6.07, 6.45) is 16.0. The molecule has 0 aliphatic rings. The summed E-state index contributed by atoms with van der Waals surface area (Å²) in [5.74, 6) is 0. The molecule has 0 saturated carbocycles. The van der Waals surface area contributed by atoms with Crippen LogP contribution in [-0.2, 0) is 0 Å². The van der Waals surface area contributed by atoms with Gasteiger partial charge in [0.15, 0.2) is 0 Å². The van der Waals surface area contributed by atoms with Gasteiger partial charge in [-0.2, -0.15) is 0 Å². The Balaban J connectivity index is 3.06. The first-order valence-corrected chi connectivity index (χ1v) is 11.0. The maximum absolute atomic E-state index is 11.4. The molecule has 0 saturated heterocycles. The van der Waals surface area contributed by atoms with Crippen molar-refractivity contribution in [2.75, 3.05) is 6.54 Å². The summed E-state index contributed by atoms with van der Waals surface area (Å²) < 4.78 is 2.98. The molecule has 0 unspecified atom stereocenters. The monoisotopic (exact) mass is 364 g/mol. The van der Waals surface area contributed by atoms with E-state index < -0.39 is 0 Å². The summed E-state index contributed by atoms with van der Waals surface area (Å²) in [4.78, 5) is 11.4. The number of amides is 2. The van der Waals surface area contributed by atoms with Crippen molar-refractivity contribution in [3.8, 4) is 0 Å². The van der Waals surface area contributed by atoms with Crippen molar-refractivity contribution in [1.29, 1.82) is 0 Å². The molecule has 0 fully saturated rings. The first-order valence-electron chi connectivity index (χ1n) is 8.96. The third-order valence-corrected chi connectivity index (χ3v) is 5.31. The maximum atomic E-state index is 11.4. The average Bonchev–Trinajstić information content (AvgIpc) is 2.48. The minimum absolute atomic E-state index is 0.0236. The summed E-state index contributed by atoms with van der Waals surface area (Å²) in [5, 5.41) is 4.06. The van der Waals surface area contributed by atoms with Gasteiger partial charge in [-0.05, 0) is 0 Å². The van der Waals surface area contributed by atoms with Crippen molar-refractivity contribution in [2.45, 2.75) is 96.2 Å². The van der Waals surface area contributed by atoms with Crippen LogP contribution in [0.5, 0.6) is 0 Å². The molecule has 2 amide bonds. The van der Waals surface area contributed by atoms with Crippen LogP contribution >= 0.6 is 0 Å². The van der Waals surface area contributed by atoms with E-state index in [1.54, 1.807) is 0 Å². The number of carbonyl (C=O) groups excluding carboxylic acids is 1. The molecule has 0 bridgehead atoms. The number of rotatable bonds is 15. The van der Waals surface area contributed by atoms with Crippen molar-refractivity contribution in [3.63, 3.8) is 0 Å². The predicted molar refractivity (Wildman–Crippen MR) is 93.8 cm³/mol. The van der Waals surface area contributed by atoms with Crippen molar-refractivity contribution >= 4 is 21.2 Å². The van der Waals surface area contributed by atoms with Crippen LogP contribution in [0.2, 0.25) is 5.32 Å². The number of nitrogens with one attached hydrogen (secondary N) is 2. The molecular formula is C17H36N2OSe. The third kappa shape index (κ3) is 17.7. The van der Waals surface area contributed by atoms with Gasteiger partial charge in [-0.25, -0.2) is 0 Å². The van der Waals surface area contributed by atoms with Gasteiger partial charge in [-0.15, -0.1) is 0 Å². The molecule has 126 valence electrons. The fourth-order valence-corrected chi connectivity index (χ4v) is 3.56. The Morgan fingerprint density at radius 2 is 1.29 bits per heavy atom. The molecule has 0 rings (SSSR count). The Bertz CT molecular complexity index is 225. The van der Waals surface area contributed by atoms with Gasteiger partial charge in [0.2, 0.25) is 0 Å². The fraction of sp³-hybridized carbons (Fsp3) is 0.941. The van der Waals surface area contributed by atoms with Crippen LogP contribution in [0, 0.1) is 0 Å². The summed E-state index contributed by atoms with van der Waals surface area (Å²) in [7, 11) is 0. The number of unbranched alkanes of at least 4 members (excludes halogenated alkanes) is 10. The average molecular weight is 363 g/mol. The summed E-state index contributed by atoms with van der Waals surface area (Å²) in [6.45, 7) is 5.20. The van der Waals surface area contributed by atoms with Crippen LogP contribution in [0.3, 0.4) is 0 Å². The van der Waals surface area contributed by atoms with Gasteiger partial charge in [0.05, 0.1) is 0 Å². The minimum atomic E-state index is 0.0236. The Morgan fingerprint density at radius 3 is 1.86 bits per heavy atom. The van der Waals surface area contributed by atoms with Crippen LogP contribution in [0.25, 0.3) is 0 Å². The molecule has 0 aliphatic heterocycles. The van der Waals surface area contributed by atoms with E-state index in [1.165, 1.54) is 69.5 Å². The molecule has 0 aliphatic carbocycles. The van der Waals surface area contributed by atoms with Crippen molar-refractivity contribution in [3.05, 3.63) is 0 Å². The molecule has 4 heteroatoms. The topological polar surface area (TPSA) is 41.1 Å². The number of urea groups is 1. The van der Waals surface area contributed by atoms with Gasteiger partial charge < -0.3 is 0 Å². The van der Waals surface area contributed by atoms with E-state index in [4.69, 9.17) is 0 Å². The second-order valence-electron chi connectivity index (χ2n) is 5.74. The SMILES string of the molecule is CCCCCCCCCCCC[Se]NC(=O)NCCCC. The summed E-state index contributed by atoms with van der Waals surface area (Å²) in [5.41, 5.74) is 0. The second-order valence-corrected chi connectivity index (χ2v) is 7.63. The number of carbonyl (C=O) groups is 1. The quantitative estimate of drug-likeness (QED) is 0.310. The fourth-order valence-electron chi connectivity index (χ4n) is 2.19. The standard InChI is InChI=1S/C17H36N2OSe/c1-3-5-7-8-9-10-11-12-13-14-16-21-19-17(20)18-15-6-4-2/h3-16H2,1-2H3,(H2,18,19,20). The van der Waals surface area contributed by atoms with Crippen molar-refractivity contribution < 1.29 is 4.79 Å². The van der Waals surface area contributed by atoms with Crippen LogP contribution in [0.1, 0.15) is 90.9 Å². The van der Waals surface area contributed by atoms with Crippen LogP contribution < -0.4 is 9.65 Å². The molecule has 0 atom stereocenters. The molecule has 0 aromatic carbocycles. The molecular weight excluding hydrogens is 327 g/mol. The summed E-state index contributed by atoms with van der Waals surface area (Å²) >= 11 is 0.274. The van der Waals surface area contributed by atoms with E-state index in [-0.39, 0.29) is 21.2 Å². The molecule has 0 aromatic rings. The Morgan fingerprint density at radius 1 is 0.762 bits per heavy atom. The number of hydrogen-bond donors (Lipinski definition) is 2. The van der Waals surface area contributed by atoms with E-state index >= 15 is 0 Å². The molecule has 0 aromatic heterocycles. The van der Waals surface area contributed by atoms with E-state index in [1.807, 2.05) is 0 Å². The Hall–Kier alpha value is -0.211. The van der Waals surface area contributed by atoms with E-state index in [9.17, 15) is 4.79 Å². The first kappa shape index (κ1) is 20.8. The third-order valence-electron chi connectivity index (χ3n) is 3.58. The van der Waals surface area contributed by atoms with Gasteiger partial charge in [0.1, 0.15) is 0 Å². The molecule has 0 radical (unpaired) electrons. The van der Waals surface area contributed by atoms with E-state index in [2.05, 4.69) is 23.5 Å². The predicted octanol–water partition coefficient (Wildman–Crippen LogP) is 5.04. The molecule has 2 N–H and O–H groups in total. The van der Waals surface area contributed by atoms with Gasteiger partial charge >= 0.3 is 138 Å². The van der Waals surface area contributed by atoms with Gasteiger partial charge in [0.25, 0.3) is 0 Å². The van der Waals surface area contributed by atoms with Crippen LogP contribution in [0.15, 0.2) is 0 Å². The van der Waals surface area contributed by atoms with Gasteiger partial charge in [-0.1, -0.05) is 0 Å². The Kier molecular flexibility index (Phi) is 17.7. The van der Waals surface area contributed by atoms with Crippen LogP contribution in [0.4, 0.5) is 4.79 Å². The second kappa shape index (κ2) is 17.8. The zero-order chi connectivity index (χ0) is 15.6. The van der Waals surface area contributed by atoms with Crippen molar-refractivity contribution in [2.24, 2.45) is 0 Å². The Labute approximate surface area is 138 Å². The van der Waals surface area contributed by atoms with Crippen molar-refractivity contribution in [1.82, 2.24) is 9.65 Å². The zero-order valence-corrected chi connectivity index (χ0v) is 15.9. The molecule has 3 nitrogen and oxygen atoms in total.